The van der Waals surface area contributed by atoms with Crippen molar-refractivity contribution in [2.75, 3.05) is 13.1 Å². The van der Waals surface area contributed by atoms with Crippen molar-refractivity contribution in [2.45, 2.75) is 108 Å². The first-order valence-corrected chi connectivity index (χ1v) is 16.5. The summed E-state index contributed by atoms with van der Waals surface area (Å²) < 4.78 is 31.9. The first-order chi connectivity index (χ1) is 15.5. The second-order valence-corrected chi connectivity index (χ2v) is 18.4. The molecular weight excluding hydrogens is 444 g/mol. The Morgan fingerprint density at radius 1 is 0.970 bits per heavy atom. The molecule has 0 radical (unpaired) electrons. The van der Waals surface area contributed by atoms with E-state index < -0.39 is 18.1 Å². The fraction of sp³-hybridized carbons (Fsp3) is 0.667. The summed E-state index contributed by atoms with van der Waals surface area (Å²) in [6, 6.07) is 7.08. The van der Waals surface area contributed by atoms with Crippen LogP contribution < -0.4 is 0 Å². The number of benzene rings is 1. The molecule has 1 aliphatic heterocycles. The van der Waals surface area contributed by atoms with Gasteiger partial charge in [0, 0.05) is 18.6 Å². The summed E-state index contributed by atoms with van der Waals surface area (Å²) in [6.07, 6.45) is 7.34. The third kappa shape index (κ3) is 6.19. The second-order valence-electron chi connectivity index (χ2n) is 10.7. The van der Waals surface area contributed by atoms with Gasteiger partial charge in [-0.15, -0.1) is 11.0 Å². The van der Waals surface area contributed by atoms with E-state index >= 15 is 0 Å². The first kappa shape index (κ1) is 27.8. The summed E-state index contributed by atoms with van der Waals surface area (Å²) in [7, 11) is -5.86. The molecule has 0 saturated carbocycles. The van der Waals surface area contributed by atoms with Crippen LogP contribution in [0.2, 0.25) is 22.2 Å². The van der Waals surface area contributed by atoms with Crippen LogP contribution in [0.1, 0.15) is 79.2 Å². The summed E-state index contributed by atoms with van der Waals surface area (Å²) in [5, 5.41) is 0. The van der Waals surface area contributed by atoms with E-state index in [0.29, 0.717) is 16.6 Å². The van der Waals surface area contributed by atoms with Crippen molar-refractivity contribution < 1.29 is 8.42 Å². The van der Waals surface area contributed by atoms with Gasteiger partial charge in [0.25, 0.3) is 10.0 Å². The van der Waals surface area contributed by atoms with Gasteiger partial charge < -0.3 is 4.90 Å². The molecule has 1 atom stereocenters. The number of rotatable bonds is 9. The molecule has 1 heterocycles. The van der Waals surface area contributed by atoms with Crippen LogP contribution in [0.15, 0.2) is 46.2 Å². The van der Waals surface area contributed by atoms with Crippen molar-refractivity contribution in [1.82, 2.24) is 4.90 Å². The molecule has 2 rings (SSSR count). The lowest BCUT2D eigenvalue weighted by Gasteiger charge is -2.50. The van der Waals surface area contributed by atoms with Crippen molar-refractivity contribution in [3.63, 3.8) is 0 Å². The average Bonchev–Trinajstić information content (AvgIpc) is 3.01. The highest BCUT2D eigenvalue weighted by molar-refractivity contribution is 7.90. The molecule has 1 aliphatic rings. The van der Waals surface area contributed by atoms with E-state index in [4.69, 9.17) is 4.40 Å². The van der Waals surface area contributed by atoms with Gasteiger partial charge in [0.05, 0.1) is 13.0 Å². The van der Waals surface area contributed by atoms with Gasteiger partial charge >= 0.3 is 0 Å². The van der Waals surface area contributed by atoms with Crippen molar-refractivity contribution in [3.8, 4) is 0 Å². The van der Waals surface area contributed by atoms with E-state index in [0.717, 1.165) is 43.8 Å². The summed E-state index contributed by atoms with van der Waals surface area (Å²) >= 11 is 0. The van der Waals surface area contributed by atoms with Gasteiger partial charge in [-0.25, -0.2) is 0 Å². The van der Waals surface area contributed by atoms with E-state index in [1.54, 1.807) is 12.1 Å². The lowest BCUT2D eigenvalue weighted by Crippen LogP contribution is -2.54. The Bertz CT molecular complexity index is 875. The van der Waals surface area contributed by atoms with Crippen LogP contribution in [0.5, 0.6) is 0 Å². The fourth-order valence-electron chi connectivity index (χ4n) is 6.43. The van der Waals surface area contributed by atoms with Crippen LogP contribution in [0.3, 0.4) is 0 Å². The predicted octanol–water partition coefficient (Wildman–Crippen LogP) is 7.58. The third-order valence-electron chi connectivity index (χ3n) is 7.78. The molecule has 4 nitrogen and oxygen atoms in total. The number of nitrogens with zero attached hydrogens (tertiary/aromatic N) is 2. The smallest absolute Gasteiger partial charge is 0.283 e. The zero-order valence-corrected chi connectivity index (χ0v) is 23.8. The number of sulfonamides is 1. The van der Waals surface area contributed by atoms with Crippen molar-refractivity contribution in [3.05, 3.63) is 42.5 Å². The van der Waals surface area contributed by atoms with Gasteiger partial charge in [-0.05, 0) is 54.9 Å². The molecule has 186 valence electrons. The molecule has 33 heavy (non-hydrogen) atoms. The van der Waals surface area contributed by atoms with Crippen molar-refractivity contribution in [1.29, 1.82) is 0 Å². The van der Waals surface area contributed by atoms with Crippen LogP contribution in [-0.4, -0.2) is 40.3 Å². The van der Waals surface area contributed by atoms with Crippen LogP contribution in [0.25, 0.3) is 0 Å². The van der Waals surface area contributed by atoms with Crippen molar-refractivity contribution in [2.24, 2.45) is 4.40 Å². The molecule has 1 aromatic carbocycles. The Kier molecular flexibility index (Phi) is 9.98. The predicted molar refractivity (Wildman–Crippen MR) is 145 cm³/mol. The molecule has 1 unspecified atom stereocenters. The number of allylic oxidation sites excluding steroid dienone is 1. The monoisotopic (exact) mass is 490 g/mol. The zero-order valence-electron chi connectivity index (χ0n) is 22.0. The maximum absolute atomic E-state index is 13.6. The Hall–Kier alpha value is -1.40. The van der Waals surface area contributed by atoms with Gasteiger partial charge in [-0.2, -0.15) is 8.42 Å². The van der Waals surface area contributed by atoms with Crippen LogP contribution in [0.4, 0.5) is 0 Å². The highest BCUT2D eigenvalue weighted by Gasteiger charge is 2.51. The topological polar surface area (TPSA) is 49.7 Å². The molecule has 1 aromatic rings. The molecule has 0 bridgehead atoms. The molecule has 0 aliphatic carbocycles. The Balaban J connectivity index is 2.78. The normalized spacial score (nSPS) is 17.5. The van der Waals surface area contributed by atoms with Crippen molar-refractivity contribution >= 4 is 23.9 Å². The van der Waals surface area contributed by atoms with Gasteiger partial charge in [0.2, 0.25) is 0 Å². The number of aryl methyl sites for hydroxylation is 1. The minimum atomic E-state index is -3.80. The fourth-order valence-corrected chi connectivity index (χ4v) is 15.3. The van der Waals surface area contributed by atoms with Gasteiger partial charge in [0.1, 0.15) is 5.84 Å². The summed E-state index contributed by atoms with van der Waals surface area (Å²) in [5.41, 5.74) is 2.67. The lowest BCUT2D eigenvalue weighted by molar-refractivity contribution is 0.424. The molecule has 6 heteroatoms. The molecular formula is C27H46N2O2SSi. The molecule has 0 N–H and O–H groups in total. The Morgan fingerprint density at radius 2 is 1.45 bits per heavy atom. The third-order valence-corrected chi connectivity index (χ3v) is 16.8. The van der Waals surface area contributed by atoms with E-state index in [9.17, 15) is 8.42 Å². The SMILES string of the molecule is C=CCC(/C(=N\S(=O)(=O)c1ccc(C)cc1)N1CCCCCC1)[Si](C(C)C)(C(C)C)C(C)C. The first-order valence-electron chi connectivity index (χ1n) is 12.8. The summed E-state index contributed by atoms with van der Waals surface area (Å²) in [5.74, 6) is 0.806. The number of hydrogen-bond acceptors (Lipinski definition) is 2. The minimum Gasteiger partial charge on any atom is -0.359 e. The van der Waals surface area contributed by atoms with Gasteiger partial charge in [-0.3, -0.25) is 0 Å². The van der Waals surface area contributed by atoms with Gasteiger partial charge in [-0.1, -0.05) is 78.2 Å². The number of amidine groups is 1. The van der Waals surface area contributed by atoms with Crippen LogP contribution in [-0.2, 0) is 10.0 Å². The maximum Gasteiger partial charge on any atom is 0.283 e. The van der Waals surface area contributed by atoms with Crippen LogP contribution >= 0.6 is 0 Å². The number of likely N-dealkylation sites (tertiary alicyclic amines) is 1. The molecule has 0 amide bonds. The molecule has 1 fully saturated rings. The van der Waals surface area contributed by atoms with E-state index in [1.807, 2.05) is 25.1 Å². The summed E-state index contributed by atoms with van der Waals surface area (Å²) in [4.78, 5) is 2.60. The molecule has 1 saturated heterocycles. The minimum absolute atomic E-state index is 0.119. The Labute approximate surface area is 204 Å². The molecule has 0 aromatic heterocycles. The van der Waals surface area contributed by atoms with Crippen LogP contribution in [0, 0.1) is 6.92 Å². The lowest BCUT2D eigenvalue weighted by atomic mass is 10.2. The maximum atomic E-state index is 13.6. The van der Waals surface area contributed by atoms with E-state index in [2.05, 4.69) is 53.0 Å². The highest BCUT2D eigenvalue weighted by atomic mass is 32.2. The highest BCUT2D eigenvalue weighted by Crippen LogP contribution is 2.52. The van der Waals surface area contributed by atoms with E-state index in [-0.39, 0.29) is 10.4 Å². The summed E-state index contributed by atoms with van der Waals surface area (Å²) in [6.45, 7) is 21.9. The largest absolute Gasteiger partial charge is 0.359 e. The zero-order chi connectivity index (χ0) is 24.8. The second kappa shape index (κ2) is 11.8. The van der Waals surface area contributed by atoms with Gasteiger partial charge in [0.15, 0.2) is 0 Å². The standard InChI is InChI=1S/C27H46N2O2SSi/c1-9-14-26(33(21(2)3,22(4)5)23(6)7)27(29-19-12-10-11-13-20-29)28-32(30,31)25-17-15-24(8)16-18-25/h9,15-18,21-23,26H,1,10-14,19-20H2,2-8H3/b28-27+. The average molecular weight is 491 g/mol. The van der Waals surface area contributed by atoms with E-state index in [1.165, 1.54) is 12.8 Å². The number of hydrogen-bond donors (Lipinski definition) is 0. The molecule has 0 spiro atoms. The quantitative estimate of drug-likeness (QED) is 0.155. The Morgan fingerprint density at radius 3 is 1.88 bits per heavy atom.